The van der Waals surface area contributed by atoms with Crippen molar-refractivity contribution in [2.24, 2.45) is 4.99 Å². The van der Waals surface area contributed by atoms with Crippen molar-refractivity contribution in [3.8, 4) is 17.1 Å². The lowest BCUT2D eigenvalue weighted by Gasteiger charge is -2.26. The zero-order valence-electron chi connectivity index (χ0n) is 24.0. The van der Waals surface area contributed by atoms with Crippen LogP contribution in [0.1, 0.15) is 40.2 Å². The number of carbonyl (C=O) groups excluding carboxylic acids is 1. The number of hydrogen-bond acceptors (Lipinski definition) is 8. The van der Waals surface area contributed by atoms with Crippen LogP contribution in [0.4, 0.5) is 0 Å². The minimum Gasteiger partial charge on any atom is -0.497 e. The van der Waals surface area contributed by atoms with Crippen molar-refractivity contribution in [3.63, 3.8) is 0 Å². The van der Waals surface area contributed by atoms with Gasteiger partial charge >= 0.3 is 11.9 Å². The van der Waals surface area contributed by atoms with Crippen molar-refractivity contribution in [1.82, 2.24) is 4.57 Å². The second-order valence-corrected chi connectivity index (χ2v) is 11.3. The second kappa shape index (κ2) is 12.4. The van der Waals surface area contributed by atoms with Gasteiger partial charge in [-0.2, -0.15) is 0 Å². The van der Waals surface area contributed by atoms with E-state index in [0.717, 1.165) is 0 Å². The molecule has 226 valence electrons. The lowest BCUT2D eigenvalue weighted by atomic mass is 9.93. The minimum absolute atomic E-state index is 0.0176. The Morgan fingerprint density at radius 3 is 2.56 bits per heavy atom. The highest BCUT2D eigenvalue weighted by Crippen LogP contribution is 2.36. The predicted molar refractivity (Wildman–Crippen MR) is 170 cm³/mol. The summed E-state index contributed by atoms with van der Waals surface area (Å²) in [7, 11) is 1.55. The second-order valence-electron chi connectivity index (χ2n) is 9.91. The first-order chi connectivity index (χ1) is 21.8. The summed E-state index contributed by atoms with van der Waals surface area (Å²) in [6.07, 6.45) is 1.61. The van der Waals surface area contributed by atoms with Crippen LogP contribution in [-0.2, 0) is 9.53 Å². The third-order valence-electron chi connectivity index (χ3n) is 7.17. The van der Waals surface area contributed by atoms with Gasteiger partial charge in [0.15, 0.2) is 4.80 Å². The fourth-order valence-electron chi connectivity index (χ4n) is 5.12. The van der Waals surface area contributed by atoms with E-state index in [4.69, 9.17) is 30.5 Å². The van der Waals surface area contributed by atoms with Gasteiger partial charge in [0.1, 0.15) is 17.3 Å². The molecule has 5 aromatic rings. The number of halogens is 1. The number of aromatic carboxylic acids is 1. The molecule has 1 atom stereocenters. The molecule has 0 radical (unpaired) electrons. The molecule has 45 heavy (non-hydrogen) atoms. The van der Waals surface area contributed by atoms with Gasteiger partial charge in [0.25, 0.3) is 5.56 Å². The number of ether oxygens (including phenoxy) is 2. The van der Waals surface area contributed by atoms with Crippen LogP contribution in [-0.4, -0.2) is 35.3 Å². The van der Waals surface area contributed by atoms with E-state index in [-0.39, 0.29) is 28.3 Å². The lowest BCUT2D eigenvalue weighted by molar-refractivity contribution is -0.138. The molecule has 0 amide bonds. The van der Waals surface area contributed by atoms with Crippen LogP contribution in [0.15, 0.2) is 105 Å². The highest BCUT2D eigenvalue weighted by Gasteiger charge is 2.35. The molecule has 0 spiro atoms. The van der Waals surface area contributed by atoms with Gasteiger partial charge < -0.3 is 19.0 Å². The number of fused-ring (bicyclic) bond motifs is 1. The summed E-state index contributed by atoms with van der Waals surface area (Å²) in [5.74, 6) is -0.311. The Labute approximate surface area is 265 Å². The molecule has 0 bridgehead atoms. The normalized spacial score (nSPS) is 14.6. The van der Waals surface area contributed by atoms with Gasteiger partial charge in [-0.1, -0.05) is 71.5 Å². The van der Waals surface area contributed by atoms with Gasteiger partial charge in [0.05, 0.1) is 46.1 Å². The van der Waals surface area contributed by atoms with Gasteiger partial charge in [0.2, 0.25) is 0 Å². The maximum atomic E-state index is 14.1. The van der Waals surface area contributed by atoms with E-state index in [0.29, 0.717) is 49.0 Å². The number of thiazole rings is 1. The number of methoxy groups -OCH3 is 1. The monoisotopic (exact) mass is 640 g/mol. The van der Waals surface area contributed by atoms with E-state index in [1.54, 1.807) is 56.5 Å². The number of esters is 1. The number of carboxylic acid groups (broad SMARTS) is 1. The summed E-state index contributed by atoms with van der Waals surface area (Å²) in [6.45, 7) is 1.87. The Hall–Kier alpha value is -5.19. The average Bonchev–Trinajstić information content (AvgIpc) is 3.64. The minimum atomic E-state index is -1.13. The topological polar surface area (TPSA) is 120 Å². The Bertz CT molecular complexity index is 2160. The number of carboxylic acids is 1. The molecule has 11 heteroatoms. The van der Waals surface area contributed by atoms with Crippen molar-refractivity contribution in [3.05, 3.63) is 138 Å². The quantitative estimate of drug-likeness (QED) is 0.221. The van der Waals surface area contributed by atoms with E-state index < -0.39 is 18.0 Å². The molecule has 0 fully saturated rings. The fraction of sp³-hybridized carbons (Fsp3) is 0.118. The average molecular weight is 641 g/mol. The van der Waals surface area contributed by atoms with Crippen LogP contribution in [0.25, 0.3) is 23.1 Å². The van der Waals surface area contributed by atoms with Gasteiger partial charge in [-0.15, -0.1) is 0 Å². The number of furan rings is 1. The number of benzene rings is 3. The Balaban J connectivity index is 1.53. The molecule has 1 N–H and O–H groups in total. The smallest absolute Gasteiger partial charge is 0.338 e. The van der Waals surface area contributed by atoms with Gasteiger partial charge in [-0.25, -0.2) is 14.6 Å². The predicted octanol–water partition coefficient (Wildman–Crippen LogP) is 5.56. The third kappa shape index (κ3) is 5.73. The first kappa shape index (κ1) is 29.9. The molecule has 0 saturated heterocycles. The van der Waals surface area contributed by atoms with Gasteiger partial charge in [-0.3, -0.25) is 9.36 Å². The number of rotatable bonds is 8. The lowest BCUT2D eigenvalue weighted by Crippen LogP contribution is -2.40. The molecular formula is C34H25ClN2O7S. The summed E-state index contributed by atoms with van der Waals surface area (Å²) in [5.41, 5.74) is 2.19. The highest BCUT2D eigenvalue weighted by atomic mass is 35.5. The van der Waals surface area contributed by atoms with Crippen molar-refractivity contribution in [2.75, 3.05) is 13.7 Å². The van der Waals surface area contributed by atoms with Crippen molar-refractivity contribution < 1.29 is 28.6 Å². The number of aromatic nitrogens is 1. The molecule has 6 rings (SSSR count). The van der Waals surface area contributed by atoms with Crippen LogP contribution in [0.5, 0.6) is 5.75 Å². The summed E-state index contributed by atoms with van der Waals surface area (Å²) < 4.78 is 18.8. The first-order valence-corrected chi connectivity index (χ1v) is 15.0. The molecule has 2 aromatic heterocycles. The molecular weight excluding hydrogens is 616 g/mol. The van der Waals surface area contributed by atoms with E-state index in [9.17, 15) is 19.5 Å². The molecule has 0 unspecified atom stereocenters. The van der Waals surface area contributed by atoms with Crippen molar-refractivity contribution in [1.29, 1.82) is 0 Å². The van der Waals surface area contributed by atoms with Crippen LogP contribution in [0, 0.1) is 0 Å². The van der Waals surface area contributed by atoms with Gasteiger partial charge in [-0.05, 0) is 48.9 Å². The maximum absolute atomic E-state index is 14.1. The molecule has 1 aliphatic rings. The van der Waals surface area contributed by atoms with E-state index in [2.05, 4.69) is 0 Å². The summed E-state index contributed by atoms with van der Waals surface area (Å²) in [4.78, 5) is 44.3. The zero-order valence-corrected chi connectivity index (χ0v) is 25.6. The number of carbonyl (C=O) groups is 2. The van der Waals surface area contributed by atoms with Crippen molar-refractivity contribution >= 4 is 46.6 Å². The van der Waals surface area contributed by atoms with E-state index >= 15 is 0 Å². The molecule has 3 heterocycles. The summed E-state index contributed by atoms with van der Waals surface area (Å²) in [5, 5.41) is 9.36. The van der Waals surface area contributed by atoms with Crippen LogP contribution in [0.3, 0.4) is 0 Å². The highest BCUT2D eigenvalue weighted by molar-refractivity contribution is 7.07. The fourth-order valence-corrected chi connectivity index (χ4v) is 6.37. The SMILES string of the molecule is CCOC(=O)C1=C(c2ccccc2)N=c2s/c(=C\c3ccc(-c4ccc(C(=O)O)c(Cl)c4)o3)c(=O)n2[C@H]1c1cccc(OC)c1. The van der Waals surface area contributed by atoms with Crippen LogP contribution >= 0.6 is 22.9 Å². The third-order valence-corrected chi connectivity index (χ3v) is 8.46. The van der Waals surface area contributed by atoms with Crippen molar-refractivity contribution in [2.45, 2.75) is 13.0 Å². The maximum Gasteiger partial charge on any atom is 0.338 e. The zero-order chi connectivity index (χ0) is 31.7. The Morgan fingerprint density at radius 2 is 1.84 bits per heavy atom. The van der Waals surface area contributed by atoms with E-state index in [1.165, 1.54) is 28.0 Å². The van der Waals surface area contributed by atoms with Gasteiger partial charge in [0, 0.05) is 17.2 Å². The standard InChI is InChI=1S/C34H25ClN2O7S/c1-3-43-33(41)28-29(19-8-5-4-6-9-19)36-34-37(30(28)21-10-7-11-22(16-21)42-2)31(38)27(45-34)18-23-13-15-26(44-23)20-12-14-24(32(39)40)25(35)17-20/h4-18,30H,3H2,1-2H3,(H,39,40)/b27-18-/t30-/m0/s1. The molecule has 9 nitrogen and oxygen atoms in total. The number of hydrogen-bond donors (Lipinski definition) is 1. The van der Waals surface area contributed by atoms with Crippen LogP contribution < -0.4 is 19.6 Å². The van der Waals surface area contributed by atoms with Crippen LogP contribution in [0.2, 0.25) is 5.02 Å². The molecule has 0 aliphatic carbocycles. The Morgan fingerprint density at radius 1 is 1.04 bits per heavy atom. The summed E-state index contributed by atoms with van der Waals surface area (Å²) in [6, 6.07) is 23.6. The largest absolute Gasteiger partial charge is 0.497 e. The van der Waals surface area contributed by atoms with E-state index in [1.807, 2.05) is 36.4 Å². The summed E-state index contributed by atoms with van der Waals surface area (Å²) >= 11 is 7.32. The molecule has 1 aliphatic heterocycles. The molecule has 3 aromatic carbocycles. The Kier molecular flexibility index (Phi) is 8.25. The number of nitrogens with zero attached hydrogens (tertiary/aromatic N) is 2. The first-order valence-electron chi connectivity index (χ1n) is 13.8. The molecule has 0 saturated carbocycles.